The fraction of sp³-hybridized carbons (Fsp3) is 0.250. The summed E-state index contributed by atoms with van der Waals surface area (Å²) in [5.41, 5.74) is 1.86. The Labute approximate surface area is 109 Å². The van der Waals surface area contributed by atoms with Gasteiger partial charge in [0.15, 0.2) is 5.69 Å². The van der Waals surface area contributed by atoms with E-state index >= 15 is 0 Å². The number of carboxylic acids is 1. The Kier molecular flexibility index (Phi) is 3.12. The fourth-order valence-electron chi connectivity index (χ4n) is 1.76. The van der Waals surface area contributed by atoms with Gasteiger partial charge in [-0.3, -0.25) is 9.48 Å². The molecule has 0 aliphatic rings. The highest BCUT2D eigenvalue weighted by molar-refractivity contribution is 6.07. The summed E-state index contributed by atoms with van der Waals surface area (Å²) in [6.07, 6.45) is 1.45. The molecule has 2 aromatic rings. The lowest BCUT2D eigenvalue weighted by atomic mass is 10.2. The zero-order valence-corrected chi connectivity index (χ0v) is 10.8. The van der Waals surface area contributed by atoms with E-state index in [4.69, 9.17) is 5.11 Å². The van der Waals surface area contributed by atoms with Gasteiger partial charge >= 0.3 is 5.97 Å². The van der Waals surface area contributed by atoms with E-state index in [1.165, 1.54) is 6.20 Å². The predicted octanol–water partition coefficient (Wildman–Crippen LogP) is 1.32. The van der Waals surface area contributed by atoms with Gasteiger partial charge in [-0.15, -0.1) is 0 Å². The number of carbonyl (C=O) groups is 2. The van der Waals surface area contributed by atoms with Gasteiger partial charge in [-0.1, -0.05) is 0 Å². The summed E-state index contributed by atoms with van der Waals surface area (Å²) in [5.74, 6) is -1.53. The van der Waals surface area contributed by atoms with E-state index in [9.17, 15) is 9.59 Å². The van der Waals surface area contributed by atoms with E-state index in [-0.39, 0.29) is 16.9 Å². The van der Waals surface area contributed by atoms with Gasteiger partial charge in [0.05, 0.1) is 5.69 Å². The van der Waals surface area contributed by atoms with Crippen molar-refractivity contribution in [1.82, 2.24) is 14.8 Å². The molecule has 0 saturated carbocycles. The standard InChI is InChI=1S/C12H14N4O3/c1-6-4-8(15-16(6)3)11(17)14-9-5-13-7(2)10(9)12(18)19/h4-5,13H,1-3H3,(H,14,17)(H,18,19). The van der Waals surface area contributed by atoms with E-state index in [0.29, 0.717) is 5.69 Å². The van der Waals surface area contributed by atoms with Gasteiger partial charge < -0.3 is 15.4 Å². The number of aromatic amines is 1. The van der Waals surface area contributed by atoms with Crippen LogP contribution in [0.15, 0.2) is 12.3 Å². The van der Waals surface area contributed by atoms with E-state index in [2.05, 4.69) is 15.4 Å². The van der Waals surface area contributed by atoms with Crippen molar-refractivity contribution < 1.29 is 14.7 Å². The number of carbonyl (C=O) groups excluding carboxylic acids is 1. The largest absolute Gasteiger partial charge is 0.478 e. The zero-order valence-electron chi connectivity index (χ0n) is 10.8. The second-order valence-electron chi connectivity index (χ2n) is 4.26. The van der Waals surface area contributed by atoms with Crippen LogP contribution in [0.4, 0.5) is 5.69 Å². The van der Waals surface area contributed by atoms with Gasteiger partial charge in [0, 0.05) is 24.6 Å². The molecule has 2 aromatic heterocycles. The first kappa shape index (κ1) is 12.9. The van der Waals surface area contributed by atoms with Crippen LogP contribution in [-0.4, -0.2) is 31.7 Å². The molecule has 0 radical (unpaired) electrons. The summed E-state index contributed by atoms with van der Waals surface area (Å²) < 4.78 is 1.58. The molecular weight excluding hydrogens is 248 g/mol. The van der Waals surface area contributed by atoms with Gasteiger partial charge in [-0.2, -0.15) is 5.10 Å². The number of aromatic nitrogens is 3. The molecule has 7 heteroatoms. The third-order valence-electron chi connectivity index (χ3n) is 2.89. The molecule has 0 aliphatic heterocycles. The summed E-state index contributed by atoms with van der Waals surface area (Å²) in [4.78, 5) is 25.8. The fourth-order valence-corrected chi connectivity index (χ4v) is 1.76. The Balaban J connectivity index is 2.27. The summed E-state index contributed by atoms with van der Waals surface area (Å²) in [5, 5.41) is 15.7. The minimum atomic E-state index is -1.09. The minimum Gasteiger partial charge on any atom is -0.478 e. The van der Waals surface area contributed by atoms with Crippen LogP contribution in [0, 0.1) is 13.8 Å². The zero-order chi connectivity index (χ0) is 14.2. The minimum absolute atomic E-state index is 0.0565. The lowest BCUT2D eigenvalue weighted by Gasteiger charge is -2.02. The summed E-state index contributed by atoms with van der Waals surface area (Å²) in [7, 11) is 1.73. The van der Waals surface area contributed by atoms with Crippen LogP contribution in [0.2, 0.25) is 0 Å². The average Bonchev–Trinajstić information content (AvgIpc) is 2.84. The first-order chi connectivity index (χ1) is 8.90. The van der Waals surface area contributed by atoms with Gasteiger partial charge in [0.1, 0.15) is 5.56 Å². The first-order valence-corrected chi connectivity index (χ1v) is 5.63. The summed E-state index contributed by atoms with van der Waals surface area (Å²) >= 11 is 0. The maximum Gasteiger partial charge on any atom is 0.339 e. The van der Waals surface area contributed by atoms with Gasteiger partial charge in [-0.05, 0) is 19.9 Å². The van der Waals surface area contributed by atoms with E-state index < -0.39 is 11.9 Å². The molecule has 0 fully saturated rings. The molecule has 3 N–H and O–H groups in total. The van der Waals surface area contributed by atoms with Crippen molar-refractivity contribution >= 4 is 17.6 Å². The maximum atomic E-state index is 12.0. The molecule has 0 atom stereocenters. The highest BCUT2D eigenvalue weighted by Crippen LogP contribution is 2.19. The van der Waals surface area contributed by atoms with Crippen molar-refractivity contribution in [2.75, 3.05) is 5.32 Å². The normalized spacial score (nSPS) is 10.5. The molecule has 7 nitrogen and oxygen atoms in total. The quantitative estimate of drug-likeness (QED) is 0.776. The highest BCUT2D eigenvalue weighted by Gasteiger charge is 2.19. The lowest BCUT2D eigenvalue weighted by Crippen LogP contribution is -2.15. The Morgan fingerprint density at radius 3 is 2.63 bits per heavy atom. The van der Waals surface area contributed by atoms with Crippen molar-refractivity contribution in [3.05, 3.63) is 34.9 Å². The smallest absolute Gasteiger partial charge is 0.339 e. The van der Waals surface area contributed by atoms with Crippen LogP contribution in [-0.2, 0) is 7.05 Å². The Morgan fingerprint density at radius 1 is 1.42 bits per heavy atom. The average molecular weight is 262 g/mol. The Bertz CT molecular complexity index is 634. The first-order valence-electron chi connectivity index (χ1n) is 5.63. The van der Waals surface area contributed by atoms with Crippen molar-refractivity contribution in [3.63, 3.8) is 0 Å². The number of H-pyrrole nitrogens is 1. The van der Waals surface area contributed by atoms with Crippen LogP contribution in [0.25, 0.3) is 0 Å². The molecule has 2 rings (SSSR count). The second-order valence-corrected chi connectivity index (χ2v) is 4.26. The third kappa shape index (κ3) is 2.35. The Morgan fingerprint density at radius 2 is 2.11 bits per heavy atom. The molecule has 0 spiro atoms. The molecule has 0 saturated heterocycles. The van der Waals surface area contributed by atoms with Crippen molar-refractivity contribution in [1.29, 1.82) is 0 Å². The number of nitrogens with zero attached hydrogens (tertiary/aromatic N) is 2. The third-order valence-corrected chi connectivity index (χ3v) is 2.89. The number of aryl methyl sites for hydroxylation is 3. The number of hydrogen-bond donors (Lipinski definition) is 3. The molecule has 1 amide bonds. The van der Waals surface area contributed by atoms with Crippen molar-refractivity contribution in [2.45, 2.75) is 13.8 Å². The number of amides is 1. The van der Waals surface area contributed by atoms with Crippen LogP contribution < -0.4 is 5.32 Å². The number of anilines is 1. The highest BCUT2D eigenvalue weighted by atomic mass is 16.4. The molecule has 0 unspecified atom stereocenters. The van der Waals surface area contributed by atoms with E-state index in [0.717, 1.165) is 5.69 Å². The maximum absolute atomic E-state index is 12.0. The molecule has 0 aliphatic carbocycles. The van der Waals surface area contributed by atoms with E-state index in [1.807, 2.05) is 6.92 Å². The predicted molar refractivity (Wildman–Crippen MR) is 68.4 cm³/mol. The SMILES string of the molecule is Cc1[nH]cc(NC(=O)c2cc(C)n(C)n2)c1C(=O)O. The van der Waals surface area contributed by atoms with Crippen LogP contribution in [0.3, 0.4) is 0 Å². The van der Waals surface area contributed by atoms with Crippen molar-refractivity contribution in [3.8, 4) is 0 Å². The Hall–Kier alpha value is -2.57. The summed E-state index contributed by atoms with van der Waals surface area (Å²) in [6, 6.07) is 1.63. The van der Waals surface area contributed by atoms with Crippen LogP contribution in [0.5, 0.6) is 0 Å². The van der Waals surface area contributed by atoms with Gasteiger partial charge in [-0.25, -0.2) is 4.79 Å². The second kappa shape index (κ2) is 4.60. The van der Waals surface area contributed by atoms with Crippen LogP contribution >= 0.6 is 0 Å². The summed E-state index contributed by atoms with van der Waals surface area (Å²) in [6.45, 7) is 3.46. The number of aromatic carboxylic acids is 1. The van der Waals surface area contributed by atoms with E-state index in [1.54, 1.807) is 24.7 Å². The lowest BCUT2D eigenvalue weighted by molar-refractivity contribution is 0.0697. The molecule has 19 heavy (non-hydrogen) atoms. The molecule has 0 bridgehead atoms. The van der Waals surface area contributed by atoms with Crippen molar-refractivity contribution in [2.24, 2.45) is 7.05 Å². The number of nitrogens with one attached hydrogen (secondary N) is 2. The molecule has 100 valence electrons. The number of rotatable bonds is 3. The molecule has 0 aromatic carbocycles. The number of hydrogen-bond acceptors (Lipinski definition) is 3. The number of carboxylic acid groups (broad SMARTS) is 1. The topological polar surface area (TPSA) is 100 Å². The molecular formula is C12H14N4O3. The van der Waals surface area contributed by atoms with Gasteiger partial charge in [0.2, 0.25) is 0 Å². The molecule has 2 heterocycles. The van der Waals surface area contributed by atoms with Gasteiger partial charge in [0.25, 0.3) is 5.91 Å². The van der Waals surface area contributed by atoms with Crippen LogP contribution in [0.1, 0.15) is 32.2 Å². The monoisotopic (exact) mass is 262 g/mol.